The number of rotatable bonds is 4. The number of nitrogen functional groups attached to an aromatic ring is 1. The van der Waals surface area contributed by atoms with E-state index in [2.05, 4.69) is 10.3 Å². The molecule has 2 aromatic rings. The van der Waals surface area contributed by atoms with Crippen LogP contribution in [0.4, 0.5) is 10.1 Å². The Balaban J connectivity index is 2.20. The van der Waals surface area contributed by atoms with E-state index in [1.54, 1.807) is 24.5 Å². The molecule has 0 saturated carbocycles. The van der Waals surface area contributed by atoms with Crippen LogP contribution in [-0.4, -0.2) is 10.8 Å². The molecule has 5 heteroatoms. The summed E-state index contributed by atoms with van der Waals surface area (Å²) in [5.41, 5.74) is 6.95. The van der Waals surface area contributed by atoms with E-state index in [1.165, 1.54) is 6.07 Å². The zero-order valence-electron chi connectivity index (χ0n) is 9.65. The number of aromatic nitrogens is 1. The van der Waals surface area contributed by atoms with Gasteiger partial charge in [0.2, 0.25) is 0 Å². The van der Waals surface area contributed by atoms with Gasteiger partial charge in [-0.2, -0.15) is 0 Å². The van der Waals surface area contributed by atoms with Crippen LogP contribution in [0.3, 0.4) is 0 Å². The molecular formula is C13H13FN4. The van der Waals surface area contributed by atoms with Crippen molar-refractivity contribution in [2.75, 3.05) is 5.32 Å². The molecule has 4 N–H and O–H groups in total. The first-order valence-electron chi connectivity index (χ1n) is 5.44. The van der Waals surface area contributed by atoms with Gasteiger partial charge in [0, 0.05) is 24.6 Å². The molecule has 0 aliphatic rings. The molecule has 0 radical (unpaired) electrons. The molecule has 92 valence electrons. The smallest absolute Gasteiger partial charge is 0.136 e. The summed E-state index contributed by atoms with van der Waals surface area (Å²) in [5.74, 6) is -0.791. The summed E-state index contributed by atoms with van der Waals surface area (Å²) in [7, 11) is 0. The van der Waals surface area contributed by atoms with Gasteiger partial charge in [-0.25, -0.2) is 4.39 Å². The number of nitrogens with two attached hydrogens (primary N) is 1. The highest BCUT2D eigenvalue weighted by Crippen LogP contribution is 2.19. The molecule has 0 saturated heterocycles. The van der Waals surface area contributed by atoms with Crippen molar-refractivity contribution >= 4 is 11.5 Å². The first kappa shape index (κ1) is 12.0. The first-order valence-corrected chi connectivity index (χ1v) is 5.44. The molecule has 0 aliphatic carbocycles. The molecule has 0 fully saturated rings. The summed E-state index contributed by atoms with van der Waals surface area (Å²) in [6, 6.07) is 8.29. The SMILES string of the molecule is N=C(N)c1c(F)cccc1NCc1cccnc1. The number of hydrogen-bond donors (Lipinski definition) is 3. The lowest BCUT2D eigenvalue weighted by atomic mass is 10.1. The van der Waals surface area contributed by atoms with Crippen LogP contribution in [0.2, 0.25) is 0 Å². The third kappa shape index (κ3) is 2.63. The maximum Gasteiger partial charge on any atom is 0.136 e. The van der Waals surface area contributed by atoms with Crippen LogP contribution < -0.4 is 11.1 Å². The number of pyridine rings is 1. The van der Waals surface area contributed by atoms with Crippen molar-refractivity contribution in [3.05, 3.63) is 59.7 Å². The maximum atomic E-state index is 13.6. The number of nitrogens with one attached hydrogen (secondary N) is 2. The summed E-state index contributed by atoms with van der Waals surface area (Å²) in [5, 5.41) is 10.4. The van der Waals surface area contributed by atoms with Crippen LogP contribution in [0.25, 0.3) is 0 Å². The molecule has 1 heterocycles. The van der Waals surface area contributed by atoms with Crippen LogP contribution in [0.5, 0.6) is 0 Å². The fourth-order valence-electron chi connectivity index (χ4n) is 1.65. The van der Waals surface area contributed by atoms with Crippen molar-refractivity contribution in [1.29, 1.82) is 5.41 Å². The van der Waals surface area contributed by atoms with Gasteiger partial charge in [0.1, 0.15) is 11.7 Å². The fraction of sp³-hybridized carbons (Fsp3) is 0.0769. The minimum absolute atomic E-state index is 0.0985. The van der Waals surface area contributed by atoms with Gasteiger partial charge in [-0.3, -0.25) is 10.4 Å². The van der Waals surface area contributed by atoms with E-state index in [9.17, 15) is 4.39 Å². The lowest BCUT2D eigenvalue weighted by Crippen LogP contribution is -2.16. The Morgan fingerprint density at radius 2 is 2.17 bits per heavy atom. The molecule has 4 nitrogen and oxygen atoms in total. The molecule has 18 heavy (non-hydrogen) atoms. The number of nitrogens with zero attached hydrogens (tertiary/aromatic N) is 1. The molecule has 0 amide bonds. The standard InChI is InChI=1S/C13H13FN4/c14-10-4-1-5-11(12(10)13(15)16)18-8-9-3-2-6-17-7-9/h1-7,18H,8H2,(H3,15,16). The fourth-order valence-corrected chi connectivity index (χ4v) is 1.65. The number of hydrogen-bond acceptors (Lipinski definition) is 3. The van der Waals surface area contributed by atoms with Crippen LogP contribution in [0, 0.1) is 11.2 Å². The highest BCUT2D eigenvalue weighted by Gasteiger charge is 2.10. The monoisotopic (exact) mass is 244 g/mol. The molecule has 2 rings (SSSR count). The number of halogens is 1. The van der Waals surface area contributed by atoms with Gasteiger partial charge in [0.05, 0.1) is 5.56 Å². The Bertz CT molecular complexity index is 554. The molecule has 0 atom stereocenters. The second-order valence-electron chi connectivity index (χ2n) is 3.79. The number of anilines is 1. The predicted molar refractivity (Wildman–Crippen MR) is 69.0 cm³/mol. The quantitative estimate of drug-likeness (QED) is 0.569. The topological polar surface area (TPSA) is 74.8 Å². The van der Waals surface area contributed by atoms with Crippen molar-refractivity contribution in [2.45, 2.75) is 6.54 Å². The minimum atomic E-state index is -0.501. The summed E-state index contributed by atoms with van der Waals surface area (Å²) >= 11 is 0. The van der Waals surface area contributed by atoms with E-state index in [1.807, 2.05) is 12.1 Å². The Morgan fingerprint density at radius 1 is 1.33 bits per heavy atom. The number of amidine groups is 1. The third-order valence-electron chi connectivity index (χ3n) is 2.49. The zero-order chi connectivity index (χ0) is 13.0. The molecule has 0 bridgehead atoms. The zero-order valence-corrected chi connectivity index (χ0v) is 9.65. The van der Waals surface area contributed by atoms with Gasteiger partial charge < -0.3 is 11.1 Å². The Morgan fingerprint density at radius 3 is 2.83 bits per heavy atom. The highest BCUT2D eigenvalue weighted by molar-refractivity contribution is 6.00. The lowest BCUT2D eigenvalue weighted by Gasteiger charge is -2.11. The molecular weight excluding hydrogens is 231 g/mol. The average Bonchev–Trinajstić information content (AvgIpc) is 2.37. The van der Waals surface area contributed by atoms with Gasteiger partial charge in [-0.05, 0) is 23.8 Å². The van der Waals surface area contributed by atoms with E-state index < -0.39 is 5.82 Å². The second-order valence-corrected chi connectivity index (χ2v) is 3.79. The van der Waals surface area contributed by atoms with Gasteiger partial charge in [-0.1, -0.05) is 12.1 Å². The van der Waals surface area contributed by atoms with E-state index in [-0.39, 0.29) is 11.4 Å². The van der Waals surface area contributed by atoms with E-state index >= 15 is 0 Å². The Labute approximate surface area is 104 Å². The molecule has 0 spiro atoms. The average molecular weight is 244 g/mol. The van der Waals surface area contributed by atoms with Crippen LogP contribution >= 0.6 is 0 Å². The van der Waals surface area contributed by atoms with Crippen molar-refractivity contribution in [3.63, 3.8) is 0 Å². The summed E-state index contributed by atoms with van der Waals surface area (Å²) in [6.45, 7) is 0.498. The maximum absolute atomic E-state index is 13.6. The molecule has 0 unspecified atom stereocenters. The third-order valence-corrected chi connectivity index (χ3v) is 2.49. The van der Waals surface area contributed by atoms with Crippen LogP contribution in [0.15, 0.2) is 42.7 Å². The van der Waals surface area contributed by atoms with E-state index in [0.717, 1.165) is 5.56 Å². The Kier molecular flexibility index (Phi) is 3.52. The Hall–Kier alpha value is -2.43. The van der Waals surface area contributed by atoms with Gasteiger partial charge in [0.25, 0.3) is 0 Å². The van der Waals surface area contributed by atoms with Crippen molar-refractivity contribution in [2.24, 2.45) is 5.73 Å². The highest BCUT2D eigenvalue weighted by atomic mass is 19.1. The van der Waals surface area contributed by atoms with Crippen LogP contribution in [0.1, 0.15) is 11.1 Å². The molecule has 1 aromatic carbocycles. The largest absolute Gasteiger partial charge is 0.384 e. The summed E-state index contributed by atoms with van der Waals surface area (Å²) in [4.78, 5) is 3.99. The van der Waals surface area contributed by atoms with Crippen molar-refractivity contribution in [1.82, 2.24) is 4.98 Å². The van der Waals surface area contributed by atoms with Gasteiger partial charge in [-0.15, -0.1) is 0 Å². The second kappa shape index (κ2) is 5.27. The van der Waals surface area contributed by atoms with Crippen molar-refractivity contribution in [3.8, 4) is 0 Å². The van der Waals surface area contributed by atoms with E-state index in [4.69, 9.17) is 11.1 Å². The first-order chi connectivity index (χ1) is 8.68. The summed E-state index contributed by atoms with van der Waals surface area (Å²) < 4.78 is 13.6. The predicted octanol–water partition coefficient (Wildman–Crippen LogP) is 2.12. The van der Waals surface area contributed by atoms with Crippen molar-refractivity contribution < 1.29 is 4.39 Å². The molecule has 0 aliphatic heterocycles. The van der Waals surface area contributed by atoms with Gasteiger partial charge >= 0.3 is 0 Å². The van der Waals surface area contributed by atoms with Gasteiger partial charge in [0.15, 0.2) is 0 Å². The number of benzene rings is 1. The van der Waals surface area contributed by atoms with E-state index in [0.29, 0.717) is 12.2 Å². The lowest BCUT2D eigenvalue weighted by molar-refractivity contribution is 0.625. The van der Waals surface area contributed by atoms with Crippen LogP contribution in [-0.2, 0) is 6.54 Å². The normalized spacial score (nSPS) is 10.1. The molecule has 1 aromatic heterocycles. The minimum Gasteiger partial charge on any atom is -0.384 e. The summed E-state index contributed by atoms with van der Waals surface area (Å²) in [6.07, 6.45) is 3.41.